The third-order valence-electron chi connectivity index (χ3n) is 2.89. The smallest absolute Gasteiger partial charge is 0.205 e. The molecule has 84 valence electrons. The summed E-state index contributed by atoms with van der Waals surface area (Å²) in [5.74, 6) is 0.108. The number of ketones is 1. The first-order chi connectivity index (χ1) is 8.27. The van der Waals surface area contributed by atoms with E-state index >= 15 is 0 Å². The molecule has 0 radical (unpaired) electrons. The molecule has 0 aliphatic rings. The van der Waals surface area contributed by atoms with E-state index in [1.807, 2.05) is 59.6 Å². The van der Waals surface area contributed by atoms with E-state index in [1.54, 1.807) is 0 Å². The van der Waals surface area contributed by atoms with Crippen LogP contribution in [0.1, 0.15) is 15.2 Å². The highest BCUT2D eigenvalue weighted by Gasteiger charge is 2.15. The molecule has 0 bridgehead atoms. The number of hydrogen-bond donors (Lipinski definition) is 0. The first kappa shape index (κ1) is 10.3. The summed E-state index contributed by atoms with van der Waals surface area (Å²) >= 11 is 1.48. The van der Waals surface area contributed by atoms with Crippen molar-refractivity contribution in [2.45, 2.75) is 0 Å². The van der Waals surface area contributed by atoms with Gasteiger partial charge in [0, 0.05) is 29.7 Å². The summed E-state index contributed by atoms with van der Waals surface area (Å²) in [6, 6.07) is 11.8. The lowest BCUT2D eigenvalue weighted by atomic mass is 10.1. The molecular weight excluding hydrogens is 230 g/mol. The molecule has 0 saturated heterocycles. The number of carbonyl (C=O) groups is 1. The Bertz CT molecular complexity index is 679. The van der Waals surface area contributed by atoms with Gasteiger partial charge < -0.3 is 4.57 Å². The number of nitrogens with zero attached hydrogens (tertiary/aromatic N) is 1. The highest BCUT2D eigenvalue weighted by atomic mass is 32.1. The maximum absolute atomic E-state index is 12.3. The molecule has 2 heterocycles. The molecular formula is C14H11NOS. The van der Waals surface area contributed by atoms with Gasteiger partial charge in [0.1, 0.15) is 0 Å². The van der Waals surface area contributed by atoms with Crippen LogP contribution in [-0.4, -0.2) is 10.4 Å². The Kier molecular flexibility index (Phi) is 2.34. The zero-order chi connectivity index (χ0) is 11.8. The number of rotatable bonds is 2. The van der Waals surface area contributed by atoms with Crippen molar-refractivity contribution in [2.75, 3.05) is 0 Å². The van der Waals surface area contributed by atoms with Crippen molar-refractivity contribution in [2.24, 2.45) is 7.05 Å². The van der Waals surface area contributed by atoms with Crippen LogP contribution in [-0.2, 0) is 7.05 Å². The largest absolute Gasteiger partial charge is 0.350 e. The Morgan fingerprint density at radius 3 is 2.76 bits per heavy atom. The standard InChI is InChI=1S/C14H11NOS/c1-15-9-11(10-5-2-3-6-12(10)15)14(16)13-7-4-8-17-13/h2-9H,1H3. The highest BCUT2D eigenvalue weighted by molar-refractivity contribution is 7.12. The molecule has 0 saturated carbocycles. The lowest BCUT2D eigenvalue weighted by molar-refractivity contribution is 0.104. The fourth-order valence-corrected chi connectivity index (χ4v) is 2.74. The number of benzene rings is 1. The van der Waals surface area contributed by atoms with Crippen LogP contribution < -0.4 is 0 Å². The van der Waals surface area contributed by atoms with Crippen LogP contribution in [0.2, 0.25) is 0 Å². The lowest BCUT2D eigenvalue weighted by Gasteiger charge is -1.95. The van der Waals surface area contributed by atoms with Gasteiger partial charge in [-0.15, -0.1) is 11.3 Å². The number of aromatic nitrogens is 1. The van der Waals surface area contributed by atoms with Gasteiger partial charge in [0.05, 0.1) is 4.88 Å². The Morgan fingerprint density at radius 2 is 2.00 bits per heavy atom. The SMILES string of the molecule is Cn1cc(C(=O)c2cccs2)c2ccccc21. The molecule has 17 heavy (non-hydrogen) atoms. The Labute approximate surface area is 103 Å². The fourth-order valence-electron chi connectivity index (χ4n) is 2.06. The average Bonchev–Trinajstić information content (AvgIpc) is 2.97. The van der Waals surface area contributed by atoms with E-state index in [9.17, 15) is 4.79 Å². The summed E-state index contributed by atoms with van der Waals surface area (Å²) in [6.07, 6.45) is 1.91. The summed E-state index contributed by atoms with van der Waals surface area (Å²) < 4.78 is 2.00. The Morgan fingerprint density at radius 1 is 1.18 bits per heavy atom. The first-order valence-corrected chi connectivity index (χ1v) is 6.27. The third-order valence-corrected chi connectivity index (χ3v) is 3.76. The van der Waals surface area contributed by atoms with Crippen molar-refractivity contribution in [1.29, 1.82) is 0 Å². The van der Waals surface area contributed by atoms with E-state index < -0.39 is 0 Å². The maximum atomic E-state index is 12.3. The summed E-state index contributed by atoms with van der Waals surface area (Å²) in [4.78, 5) is 13.1. The van der Waals surface area contributed by atoms with Crippen LogP contribution in [0.15, 0.2) is 48.0 Å². The van der Waals surface area contributed by atoms with E-state index in [4.69, 9.17) is 0 Å². The molecule has 0 aliphatic heterocycles. The number of para-hydroxylation sites is 1. The van der Waals surface area contributed by atoms with Gasteiger partial charge in [-0.1, -0.05) is 24.3 Å². The summed E-state index contributed by atoms with van der Waals surface area (Å²) in [5.41, 5.74) is 1.87. The zero-order valence-electron chi connectivity index (χ0n) is 9.38. The van der Waals surface area contributed by atoms with E-state index in [1.165, 1.54) is 11.3 Å². The monoisotopic (exact) mass is 241 g/mol. The molecule has 0 fully saturated rings. The van der Waals surface area contributed by atoms with Gasteiger partial charge >= 0.3 is 0 Å². The van der Waals surface area contributed by atoms with Crippen molar-refractivity contribution in [3.8, 4) is 0 Å². The maximum Gasteiger partial charge on any atom is 0.205 e. The normalized spacial score (nSPS) is 10.9. The van der Waals surface area contributed by atoms with Gasteiger partial charge in [0.25, 0.3) is 0 Å². The van der Waals surface area contributed by atoms with Gasteiger partial charge in [-0.3, -0.25) is 4.79 Å². The topological polar surface area (TPSA) is 22.0 Å². The van der Waals surface area contributed by atoms with Crippen LogP contribution in [0.25, 0.3) is 10.9 Å². The molecule has 0 spiro atoms. The second-order valence-electron chi connectivity index (χ2n) is 3.98. The van der Waals surface area contributed by atoms with Crippen molar-refractivity contribution in [3.05, 3.63) is 58.4 Å². The molecule has 0 aliphatic carbocycles. The third kappa shape index (κ3) is 1.59. The minimum atomic E-state index is 0.108. The fraction of sp³-hybridized carbons (Fsp3) is 0.0714. The van der Waals surface area contributed by atoms with Crippen LogP contribution in [0.3, 0.4) is 0 Å². The summed E-state index contributed by atoms with van der Waals surface area (Å²) in [5, 5.41) is 2.95. The van der Waals surface area contributed by atoms with Gasteiger partial charge in [-0.05, 0) is 17.5 Å². The minimum absolute atomic E-state index is 0.108. The van der Waals surface area contributed by atoms with Gasteiger partial charge in [-0.25, -0.2) is 0 Å². The average molecular weight is 241 g/mol. The number of thiophene rings is 1. The van der Waals surface area contributed by atoms with Crippen molar-refractivity contribution in [1.82, 2.24) is 4.57 Å². The molecule has 0 amide bonds. The van der Waals surface area contributed by atoms with Gasteiger partial charge in [0.15, 0.2) is 0 Å². The van der Waals surface area contributed by atoms with Crippen molar-refractivity contribution < 1.29 is 4.79 Å². The Balaban J connectivity index is 2.22. The first-order valence-electron chi connectivity index (χ1n) is 5.39. The lowest BCUT2D eigenvalue weighted by Crippen LogP contribution is -1.97. The van der Waals surface area contributed by atoms with Crippen molar-refractivity contribution in [3.63, 3.8) is 0 Å². The quantitative estimate of drug-likeness (QED) is 0.630. The van der Waals surface area contributed by atoms with Gasteiger partial charge in [-0.2, -0.15) is 0 Å². The van der Waals surface area contributed by atoms with E-state index in [0.717, 1.165) is 21.3 Å². The molecule has 0 atom stereocenters. The van der Waals surface area contributed by atoms with E-state index in [0.29, 0.717) is 0 Å². The van der Waals surface area contributed by atoms with Crippen LogP contribution in [0, 0.1) is 0 Å². The van der Waals surface area contributed by atoms with Gasteiger partial charge in [0.2, 0.25) is 5.78 Å². The molecule has 0 unspecified atom stereocenters. The summed E-state index contributed by atoms with van der Waals surface area (Å²) in [7, 11) is 1.97. The molecule has 3 rings (SSSR count). The minimum Gasteiger partial charge on any atom is -0.350 e. The predicted octanol–water partition coefficient (Wildman–Crippen LogP) is 3.47. The zero-order valence-corrected chi connectivity index (χ0v) is 10.2. The number of carbonyl (C=O) groups excluding carboxylic acids is 1. The number of fused-ring (bicyclic) bond motifs is 1. The molecule has 3 heteroatoms. The van der Waals surface area contributed by atoms with E-state index in [-0.39, 0.29) is 5.78 Å². The second-order valence-corrected chi connectivity index (χ2v) is 4.92. The van der Waals surface area contributed by atoms with Crippen molar-refractivity contribution >= 4 is 28.0 Å². The van der Waals surface area contributed by atoms with Crippen LogP contribution in [0.5, 0.6) is 0 Å². The second kappa shape index (κ2) is 3.86. The molecule has 1 aromatic carbocycles. The molecule has 2 nitrogen and oxygen atoms in total. The highest BCUT2D eigenvalue weighted by Crippen LogP contribution is 2.24. The number of hydrogen-bond acceptors (Lipinski definition) is 2. The molecule has 0 N–H and O–H groups in total. The number of aryl methyl sites for hydroxylation is 1. The summed E-state index contributed by atoms with van der Waals surface area (Å²) in [6.45, 7) is 0. The van der Waals surface area contributed by atoms with E-state index in [2.05, 4.69) is 0 Å². The predicted molar refractivity (Wildman–Crippen MR) is 70.7 cm³/mol. The molecule has 2 aromatic heterocycles. The van der Waals surface area contributed by atoms with Crippen LogP contribution in [0.4, 0.5) is 0 Å². The molecule has 3 aromatic rings. The van der Waals surface area contributed by atoms with Crippen LogP contribution >= 0.6 is 11.3 Å². The Hall–Kier alpha value is -1.87.